The zero-order valence-electron chi connectivity index (χ0n) is 12.9. The van der Waals surface area contributed by atoms with E-state index in [1.807, 2.05) is 19.0 Å². The molecule has 1 aromatic carbocycles. The lowest BCUT2D eigenvalue weighted by molar-refractivity contribution is 0.348. The summed E-state index contributed by atoms with van der Waals surface area (Å²) in [5.41, 5.74) is 0.666. The van der Waals surface area contributed by atoms with Crippen molar-refractivity contribution in [3.63, 3.8) is 0 Å². The van der Waals surface area contributed by atoms with E-state index in [1.165, 1.54) is 26.5 Å². The minimum atomic E-state index is -0.170. The molecule has 0 amide bonds. The van der Waals surface area contributed by atoms with E-state index in [0.29, 0.717) is 45.7 Å². The lowest BCUT2D eigenvalue weighted by atomic mass is 10.1. The summed E-state index contributed by atoms with van der Waals surface area (Å²) in [6, 6.07) is 3.22. The van der Waals surface area contributed by atoms with Crippen LogP contribution in [-0.4, -0.2) is 33.2 Å². The van der Waals surface area contributed by atoms with Gasteiger partial charge in [-0.25, -0.2) is 0 Å². The van der Waals surface area contributed by atoms with Crippen LogP contribution >= 0.6 is 0 Å². The molecular formula is C16H17NO5. The second-order valence-corrected chi connectivity index (χ2v) is 5.25. The number of hydrogen-bond donors (Lipinski definition) is 0. The third-order valence-electron chi connectivity index (χ3n) is 3.43. The summed E-state index contributed by atoms with van der Waals surface area (Å²) in [5.74, 6) is 1.38. The average molecular weight is 303 g/mol. The fraction of sp³-hybridized carbons (Fsp3) is 0.312. The van der Waals surface area contributed by atoms with Gasteiger partial charge in [0.05, 0.1) is 32.4 Å². The lowest BCUT2D eigenvalue weighted by Crippen LogP contribution is -2.13. The smallest absolute Gasteiger partial charge is 0.206 e. The van der Waals surface area contributed by atoms with Gasteiger partial charge in [0.2, 0.25) is 5.75 Å². The number of nitrogens with zero attached hydrogens (tertiary/aromatic N) is 1. The Morgan fingerprint density at radius 3 is 2.50 bits per heavy atom. The lowest BCUT2D eigenvalue weighted by Gasteiger charge is -2.13. The normalized spacial score (nSPS) is 11.5. The maximum Gasteiger partial charge on any atom is 0.206 e. The number of ether oxygens (including phenoxy) is 2. The van der Waals surface area contributed by atoms with Gasteiger partial charge < -0.3 is 23.2 Å². The SMILES string of the molecule is COc1c2occc2c(OC)c2c(=O)cc(CN(C)C)oc12. The van der Waals surface area contributed by atoms with Gasteiger partial charge in [0.1, 0.15) is 16.9 Å². The second-order valence-electron chi connectivity index (χ2n) is 5.25. The van der Waals surface area contributed by atoms with Crippen molar-refractivity contribution in [2.24, 2.45) is 0 Å². The molecule has 0 N–H and O–H groups in total. The zero-order valence-corrected chi connectivity index (χ0v) is 12.9. The highest BCUT2D eigenvalue weighted by Gasteiger charge is 2.22. The minimum absolute atomic E-state index is 0.170. The maximum absolute atomic E-state index is 12.5. The molecule has 6 heteroatoms. The van der Waals surface area contributed by atoms with E-state index in [4.69, 9.17) is 18.3 Å². The first kappa shape index (κ1) is 14.5. The van der Waals surface area contributed by atoms with Gasteiger partial charge in [0.25, 0.3) is 0 Å². The van der Waals surface area contributed by atoms with E-state index < -0.39 is 0 Å². The fourth-order valence-electron chi connectivity index (χ4n) is 2.61. The molecule has 0 aliphatic carbocycles. The molecule has 3 rings (SSSR count). The van der Waals surface area contributed by atoms with Gasteiger partial charge in [-0.2, -0.15) is 0 Å². The molecule has 0 spiro atoms. The van der Waals surface area contributed by atoms with E-state index >= 15 is 0 Å². The van der Waals surface area contributed by atoms with Crippen LogP contribution in [0.2, 0.25) is 0 Å². The molecule has 6 nitrogen and oxygen atoms in total. The Morgan fingerprint density at radius 1 is 1.14 bits per heavy atom. The van der Waals surface area contributed by atoms with Crippen molar-refractivity contribution in [2.75, 3.05) is 28.3 Å². The summed E-state index contributed by atoms with van der Waals surface area (Å²) >= 11 is 0. The van der Waals surface area contributed by atoms with Crippen molar-refractivity contribution in [1.82, 2.24) is 4.90 Å². The van der Waals surface area contributed by atoms with Crippen LogP contribution in [0, 0.1) is 0 Å². The predicted molar refractivity (Wildman–Crippen MR) is 82.8 cm³/mol. The molecule has 0 fully saturated rings. The van der Waals surface area contributed by atoms with Gasteiger partial charge in [0.15, 0.2) is 16.6 Å². The van der Waals surface area contributed by atoms with E-state index in [9.17, 15) is 4.79 Å². The molecule has 2 heterocycles. The second kappa shape index (κ2) is 5.38. The van der Waals surface area contributed by atoms with Crippen molar-refractivity contribution < 1.29 is 18.3 Å². The quantitative estimate of drug-likeness (QED) is 0.738. The standard InChI is InChI=1S/C16H17NO5/c1-17(2)8-9-7-11(18)12-13(19-3)10-5-6-21-14(10)16(20-4)15(12)22-9/h5-7H,8H2,1-4H3. The van der Waals surface area contributed by atoms with Crippen molar-refractivity contribution in [1.29, 1.82) is 0 Å². The Morgan fingerprint density at radius 2 is 1.86 bits per heavy atom. The van der Waals surface area contributed by atoms with Crippen LogP contribution in [0.4, 0.5) is 0 Å². The van der Waals surface area contributed by atoms with Crippen molar-refractivity contribution in [2.45, 2.75) is 6.54 Å². The Labute approximate surface area is 126 Å². The molecule has 0 radical (unpaired) electrons. The Kier molecular flexibility index (Phi) is 3.54. The Bertz CT molecular complexity index is 891. The van der Waals surface area contributed by atoms with Crippen LogP contribution in [-0.2, 0) is 6.54 Å². The molecule has 0 saturated heterocycles. The zero-order chi connectivity index (χ0) is 15.9. The van der Waals surface area contributed by atoms with Gasteiger partial charge in [-0.05, 0) is 20.2 Å². The fourth-order valence-corrected chi connectivity index (χ4v) is 2.61. The van der Waals surface area contributed by atoms with Crippen molar-refractivity contribution in [3.8, 4) is 11.5 Å². The minimum Gasteiger partial charge on any atom is -0.495 e. The highest BCUT2D eigenvalue weighted by Crippen LogP contribution is 2.41. The molecule has 116 valence electrons. The molecule has 0 bridgehead atoms. The average Bonchev–Trinajstić information content (AvgIpc) is 2.93. The molecule has 0 aliphatic heterocycles. The number of rotatable bonds is 4. The molecule has 0 saturated carbocycles. The summed E-state index contributed by atoms with van der Waals surface area (Å²) in [6.07, 6.45) is 1.53. The van der Waals surface area contributed by atoms with Gasteiger partial charge >= 0.3 is 0 Å². The van der Waals surface area contributed by atoms with Gasteiger partial charge in [0, 0.05) is 6.07 Å². The summed E-state index contributed by atoms with van der Waals surface area (Å²) in [4.78, 5) is 14.5. The highest BCUT2D eigenvalue weighted by atomic mass is 16.5. The largest absolute Gasteiger partial charge is 0.495 e. The molecule has 0 atom stereocenters. The van der Waals surface area contributed by atoms with Gasteiger partial charge in [-0.3, -0.25) is 4.79 Å². The maximum atomic E-state index is 12.5. The molecule has 2 aromatic heterocycles. The van der Waals surface area contributed by atoms with Crippen LogP contribution in [0.15, 0.2) is 32.0 Å². The molecule has 22 heavy (non-hydrogen) atoms. The Balaban J connectivity index is 2.47. The van der Waals surface area contributed by atoms with Crippen molar-refractivity contribution >= 4 is 21.9 Å². The molecule has 3 aromatic rings. The van der Waals surface area contributed by atoms with E-state index in [1.54, 1.807) is 6.07 Å². The summed E-state index contributed by atoms with van der Waals surface area (Å²) in [7, 11) is 6.83. The molecule has 0 unspecified atom stereocenters. The van der Waals surface area contributed by atoms with Crippen molar-refractivity contribution in [3.05, 3.63) is 34.4 Å². The van der Waals surface area contributed by atoms with E-state index in [2.05, 4.69) is 0 Å². The van der Waals surface area contributed by atoms with Gasteiger partial charge in [-0.15, -0.1) is 0 Å². The summed E-state index contributed by atoms with van der Waals surface area (Å²) in [6.45, 7) is 0.507. The van der Waals surface area contributed by atoms with Crippen LogP contribution in [0.1, 0.15) is 5.76 Å². The van der Waals surface area contributed by atoms with E-state index in [-0.39, 0.29) is 5.43 Å². The monoisotopic (exact) mass is 303 g/mol. The van der Waals surface area contributed by atoms with Crippen LogP contribution in [0.25, 0.3) is 21.9 Å². The van der Waals surface area contributed by atoms with Crippen LogP contribution in [0.5, 0.6) is 11.5 Å². The summed E-state index contributed by atoms with van der Waals surface area (Å²) in [5, 5.41) is 1.04. The number of benzene rings is 1. The van der Waals surface area contributed by atoms with E-state index in [0.717, 1.165) is 0 Å². The number of furan rings is 1. The van der Waals surface area contributed by atoms with Crippen LogP contribution < -0.4 is 14.9 Å². The summed E-state index contributed by atoms with van der Waals surface area (Å²) < 4.78 is 22.2. The highest BCUT2D eigenvalue weighted by molar-refractivity contribution is 6.06. The topological polar surface area (TPSA) is 65.1 Å². The number of fused-ring (bicyclic) bond motifs is 2. The molecule has 0 aliphatic rings. The first-order chi connectivity index (χ1) is 10.6. The van der Waals surface area contributed by atoms with Crippen LogP contribution in [0.3, 0.4) is 0 Å². The first-order valence-corrected chi connectivity index (χ1v) is 6.79. The first-order valence-electron chi connectivity index (χ1n) is 6.79. The predicted octanol–water partition coefficient (Wildman–Crippen LogP) is 2.62. The third kappa shape index (κ3) is 2.12. The number of hydrogen-bond acceptors (Lipinski definition) is 6. The van der Waals surface area contributed by atoms with Gasteiger partial charge in [-0.1, -0.05) is 0 Å². The number of methoxy groups -OCH3 is 2. The third-order valence-corrected chi connectivity index (χ3v) is 3.43. The Hall–Kier alpha value is -2.47. The molecular weight excluding hydrogens is 286 g/mol.